The van der Waals surface area contributed by atoms with E-state index in [4.69, 9.17) is 0 Å². The van der Waals surface area contributed by atoms with E-state index in [1.807, 2.05) is 42.2 Å². The molecule has 182 valence electrons. The molecule has 0 aliphatic heterocycles. The molecule has 1 rings (SSSR count). The van der Waals surface area contributed by atoms with Gasteiger partial charge in [0.05, 0.1) is 5.56 Å². The van der Waals surface area contributed by atoms with Crippen molar-refractivity contribution in [1.82, 2.24) is 15.0 Å². The van der Waals surface area contributed by atoms with E-state index in [0.717, 1.165) is 32.1 Å². The fraction of sp³-hybridized carbons (Fsp3) is 0.429. The molecule has 0 aliphatic carbocycles. The Balaban J connectivity index is 2.96. The van der Waals surface area contributed by atoms with Crippen LogP contribution in [0.5, 0.6) is 0 Å². The molecule has 0 saturated heterocycles. The van der Waals surface area contributed by atoms with E-state index in [1.165, 1.54) is 11.8 Å². The highest BCUT2D eigenvalue weighted by Gasteiger charge is 2.24. The van der Waals surface area contributed by atoms with Crippen molar-refractivity contribution in [2.24, 2.45) is 11.3 Å². The second-order valence-corrected chi connectivity index (χ2v) is 9.29. The van der Waals surface area contributed by atoms with Crippen LogP contribution in [0, 0.1) is 22.7 Å². The predicted octanol–water partition coefficient (Wildman–Crippen LogP) is 6.08. The Morgan fingerprint density at radius 1 is 1.26 bits per heavy atom. The Hall–Kier alpha value is -3.30. The molecule has 0 saturated carbocycles. The molecule has 0 N–H and O–H groups in total. The summed E-state index contributed by atoms with van der Waals surface area (Å²) >= 11 is 0. The quantitative estimate of drug-likeness (QED) is 0.145. The molecule has 0 aliphatic rings. The Morgan fingerprint density at radius 3 is 2.56 bits per heavy atom. The number of hydrazine groups is 1. The van der Waals surface area contributed by atoms with E-state index in [-0.39, 0.29) is 17.2 Å². The van der Waals surface area contributed by atoms with Gasteiger partial charge < -0.3 is 0 Å². The van der Waals surface area contributed by atoms with Gasteiger partial charge in [-0.2, -0.15) is 10.2 Å². The summed E-state index contributed by atoms with van der Waals surface area (Å²) in [5.41, 5.74) is 1.59. The third-order valence-corrected chi connectivity index (χ3v) is 5.16. The maximum Gasteiger partial charge on any atom is 0.234 e. The third kappa shape index (κ3) is 9.68. The number of hydrogen-bond donors (Lipinski definition) is 0. The first-order valence-corrected chi connectivity index (χ1v) is 11.6. The number of carbonyl (C=O) groups is 1. The molecular formula is C28H39N5O. The van der Waals surface area contributed by atoms with Gasteiger partial charge in [0.1, 0.15) is 6.07 Å². The molecule has 0 spiro atoms. The van der Waals surface area contributed by atoms with Gasteiger partial charge in [0.15, 0.2) is 12.1 Å². The molecular weight excluding hydrogens is 422 g/mol. The third-order valence-electron chi connectivity index (χ3n) is 5.16. The molecule has 1 atom stereocenters. The van der Waals surface area contributed by atoms with E-state index >= 15 is 0 Å². The van der Waals surface area contributed by atoms with Crippen molar-refractivity contribution in [1.29, 1.82) is 5.26 Å². The van der Waals surface area contributed by atoms with Crippen molar-refractivity contribution in [3.8, 4) is 6.07 Å². The number of allylic oxidation sites excluding steroid dienone is 7. The summed E-state index contributed by atoms with van der Waals surface area (Å²) in [5.74, 6) is 0.790. The molecule has 1 heterocycles. The van der Waals surface area contributed by atoms with Gasteiger partial charge in [-0.25, -0.2) is 9.99 Å². The number of aromatic nitrogens is 2. The van der Waals surface area contributed by atoms with Crippen molar-refractivity contribution >= 4 is 12.1 Å². The average molecular weight is 462 g/mol. The number of carbonyl (C=O) groups excluding carboxylic acids is 1. The predicted molar refractivity (Wildman–Crippen MR) is 141 cm³/mol. The van der Waals surface area contributed by atoms with Crippen LogP contribution in [0.4, 0.5) is 5.82 Å². The minimum atomic E-state index is -0.0565. The maximum absolute atomic E-state index is 11.6. The monoisotopic (exact) mass is 461 g/mol. The maximum atomic E-state index is 11.6. The van der Waals surface area contributed by atoms with E-state index < -0.39 is 0 Å². The van der Waals surface area contributed by atoms with E-state index in [0.29, 0.717) is 17.9 Å². The summed E-state index contributed by atoms with van der Waals surface area (Å²) in [7, 11) is 1.97. The molecule has 6 nitrogen and oxygen atoms in total. The molecule has 1 unspecified atom stereocenters. The van der Waals surface area contributed by atoms with Gasteiger partial charge in [-0.15, -0.1) is 6.58 Å². The summed E-state index contributed by atoms with van der Waals surface area (Å²) in [6, 6.07) is 1.96. The first-order chi connectivity index (χ1) is 16.2. The number of rotatable bonds is 14. The van der Waals surface area contributed by atoms with Gasteiger partial charge in [-0.3, -0.25) is 9.80 Å². The average Bonchev–Trinajstić information content (AvgIpc) is 2.81. The van der Waals surface area contributed by atoms with Crippen LogP contribution in [0.2, 0.25) is 0 Å². The van der Waals surface area contributed by atoms with Gasteiger partial charge in [-0.05, 0) is 31.6 Å². The lowest BCUT2D eigenvalue weighted by Gasteiger charge is -2.37. The smallest absolute Gasteiger partial charge is 0.234 e. The van der Waals surface area contributed by atoms with Crippen molar-refractivity contribution in [3.63, 3.8) is 0 Å². The van der Waals surface area contributed by atoms with Crippen LogP contribution in [0.3, 0.4) is 0 Å². The second-order valence-electron chi connectivity index (χ2n) is 9.29. The molecule has 0 bridgehead atoms. The topological polar surface area (TPSA) is 73.1 Å². The van der Waals surface area contributed by atoms with Gasteiger partial charge in [-0.1, -0.05) is 75.5 Å². The summed E-state index contributed by atoms with van der Waals surface area (Å²) in [4.78, 5) is 19.9. The second kappa shape index (κ2) is 14.8. The molecule has 0 radical (unpaired) electrons. The minimum absolute atomic E-state index is 0.0454. The van der Waals surface area contributed by atoms with Crippen molar-refractivity contribution in [3.05, 3.63) is 78.8 Å². The zero-order chi connectivity index (χ0) is 25.6. The fourth-order valence-corrected chi connectivity index (χ4v) is 3.43. The SMILES string of the molecule is C=C/C=C(\C/C=C\CCN(C)N(CC(C)(C)C)c1nc(C#N)ncc1C=O)C(C=C)C/C=C\C. The van der Waals surface area contributed by atoms with Crippen molar-refractivity contribution in [2.45, 2.75) is 47.0 Å². The van der Waals surface area contributed by atoms with E-state index in [9.17, 15) is 10.1 Å². The highest BCUT2D eigenvalue weighted by Crippen LogP contribution is 2.24. The Kier molecular flexibility index (Phi) is 12.5. The van der Waals surface area contributed by atoms with Crippen molar-refractivity contribution in [2.75, 3.05) is 25.1 Å². The number of hydrogen-bond acceptors (Lipinski definition) is 6. The normalized spacial score (nSPS) is 13.3. The van der Waals surface area contributed by atoms with Gasteiger partial charge in [0, 0.05) is 32.3 Å². The molecule has 1 aromatic heterocycles. The highest BCUT2D eigenvalue weighted by molar-refractivity contribution is 5.82. The summed E-state index contributed by atoms with van der Waals surface area (Å²) < 4.78 is 0. The lowest BCUT2D eigenvalue weighted by atomic mass is 9.92. The Bertz CT molecular complexity index is 947. The first kappa shape index (κ1) is 28.7. The molecule has 0 aromatic carbocycles. The number of nitriles is 1. The summed E-state index contributed by atoms with van der Waals surface area (Å²) in [5, 5.41) is 13.3. The van der Waals surface area contributed by atoms with Crippen LogP contribution in [-0.2, 0) is 0 Å². The number of aldehydes is 1. The zero-order valence-electron chi connectivity index (χ0n) is 21.4. The first-order valence-electron chi connectivity index (χ1n) is 11.6. The fourth-order valence-electron chi connectivity index (χ4n) is 3.43. The molecule has 0 fully saturated rings. The van der Waals surface area contributed by atoms with Crippen LogP contribution >= 0.6 is 0 Å². The van der Waals surface area contributed by atoms with Gasteiger partial charge in [0.2, 0.25) is 5.82 Å². The molecule has 6 heteroatoms. The Morgan fingerprint density at radius 2 is 2.00 bits per heavy atom. The molecule has 1 aromatic rings. The molecule has 34 heavy (non-hydrogen) atoms. The van der Waals surface area contributed by atoms with E-state index in [1.54, 1.807) is 0 Å². The molecule has 0 amide bonds. The van der Waals surface area contributed by atoms with Crippen LogP contribution < -0.4 is 5.01 Å². The number of nitrogens with zero attached hydrogens (tertiary/aromatic N) is 5. The summed E-state index contributed by atoms with van der Waals surface area (Å²) in [6.07, 6.45) is 19.2. The highest BCUT2D eigenvalue weighted by atomic mass is 16.1. The van der Waals surface area contributed by atoms with Gasteiger partial charge >= 0.3 is 0 Å². The van der Waals surface area contributed by atoms with Gasteiger partial charge in [0.25, 0.3) is 0 Å². The van der Waals surface area contributed by atoms with E-state index in [2.05, 4.69) is 74.3 Å². The van der Waals surface area contributed by atoms with Crippen LogP contribution in [0.1, 0.15) is 63.1 Å². The van der Waals surface area contributed by atoms with Crippen LogP contribution in [-0.4, -0.2) is 41.4 Å². The Labute approximate surface area is 205 Å². The van der Waals surface area contributed by atoms with Crippen LogP contribution in [0.25, 0.3) is 0 Å². The van der Waals surface area contributed by atoms with Crippen LogP contribution in [0.15, 0.2) is 67.5 Å². The lowest BCUT2D eigenvalue weighted by molar-refractivity contribution is 0.112. The van der Waals surface area contributed by atoms with Crippen molar-refractivity contribution < 1.29 is 4.79 Å². The minimum Gasteiger partial charge on any atom is -0.298 e. The zero-order valence-corrected chi connectivity index (χ0v) is 21.4. The lowest BCUT2D eigenvalue weighted by Crippen LogP contribution is -2.46. The number of anilines is 1. The standard InChI is InChI=1S/C28H39N5O/c1-8-11-16-23(10-3)24(15-9-2)17-13-12-14-18-32(7)33(22-28(4,5)6)27-25(21-34)20-30-26(19-29)31-27/h8-13,15,20-21,23H,2-3,14,16-18,22H2,1,4-7H3/b11-8-,13-12-,24-15+. The largest absolute Gasteiger partial charge is 0.298 e. The summed E-state index contributed by atoms with van der Waals surface area (Å²) in [6.45, 7) is 17.6.